The monoisotopic (exact) mass is 256 g/mol. The quantitative estimate of drug-likeness (QED) is 0.619. The molecule has 0 saturated carbocycles. The Bertz CT molecular complexity index is 227. The zero-order chi connectivity index (χ0) is 15.0. The first-order valence-corrected chi connectivity index (χ1v) is 7.05. The Morgan fingerprint density at radius 1 is 1.11 bits per heavy atom. The van der Waals surface area contributed by atoms with Crippen molar-refractivity contribution in [1.29, 1.82) is 0 Å². The number of rotatable bonds is 1. The van der Waals surface area contributed by atoms with Gasteiger partial charge >= 0.3 is 0 Å². The lowest BCUT2D eigenvalue weighted by atomic mass is 10.3. The standard InChI is InChI=1S/C10H14O2.3C2H6/c1-4-5-6-10-9(3)11-7-8(2)12-10;3*1-2/h4-6,8H,3,7H2,1-2H3;3*1-2H3/b5-4-,10-6+;;;. The Labute approximate surface area is 114 Å². The zero-order valence-electron chi connectivity index (χ0n) is 13.5. The number of hydrogen-bond donors (Lipinski definition) is 0. The first-order chi connectivity index (χ1) is 8.74. The van der Waals surface area contributed by atoms with Crippen molar-refractivity contribution < 1.29 is 9.47 Å². The summed E-state index contributed by atoms with van der Waals surface area (Å²) in [7, 11) is 0. The van der Waals surface area contributed by atoms with Crippen LogP contribution in [0.15, 0.2) is 36.3 Å². The highest BCUT2D eigenvalue weighted by Crippen LogP contribution is 2.19. The van der Waals surface area contributed by atoms with E-state index in [9.17, 15) is 0 Å². The molecule has 1 saturated heterocycles. The molecule has 0 aromatic rings. The van der Waals surface area contributed by atoms with Crippen LogP contribution in [-0.4, -0.2) is 12.7 Å². The molecular weight excluding hydrogens is 224 g/mol. The van der Waals surface area contributed by atoms with Crippen LogP contribution in [0.25, 0.3) is 0 Å². The molecule has 108 valence electrons. The van der Waals surface area contributed by atoms with Gasteiger partial charge in [0.05, 0.1) is 0 Å². The lowest BCUT2D eigenvalue weighted by molar-refractivity contribution is 0.00417. The van der Waals surface area contributed by atoms with E-state index >= 15 is 0 Å². The fourth-order valence-electron chi connectivity index (χ4n) is 0.921. The molecule has 1 fully saturated rings. The van der Waals surface area contributed by atoms with E-state index in [1.54, 1.807) is 0 Å². The van der Waals surface area contributed by atoms with Gasteiger partial charge in [0.15, 0.2) is 11.5 Å². The predicted octanol–water partition coefficient (Wildman–Crippen LogP) is 5.47. The lowest BCUT2D eigenvalue weighted by Crippen LogP contribution is -2.22. The maximum atomic E-state index is 5.49. The molecule has 2 heteroatoms. The smallest absolute Gasteiger partial charge is 0.161 e. The van der Waals surface area contributed by atoms with E-state index in [0.29, 0.717) is 12.4 Å². The van der Waals surface area contributed by atoms with Gasteiger partial charge in [-0.2, -0.15) is 0 Å². The van der Waals surface area contributed by atoms with E-state index in [1.165, 1.54) is 0 Å². The third kappa shape index (κ3) is 11.3. The average Bonchev–Trinajstić information content (AvgIpc) is 2.46. The minimum atomic E-state index is 0.118. The molecule has 0 aromatic carbocycles. The van der Waals surface area contributed by atoms with Crippen LogP contribution in [0.3, 0.4) is 0 Å². The number of ether oxygens (including phenoxy) is 2. The summed E-state index contributed by atoms with van der Waals surface area (Å²) in [6, 6.07) is 0. The van der Waals surface area contributed by atoms with E-state index in [2.05, 4.69) is 6.58 Å². The van der Waals surface area contributed by atoms with Crippen molar-refractivity contribution in [3.63, 3.8) is 0 Å². The summed E-state index contributed by atoms with van der Waals surface area (Å²) in [5.74, 6) is 1.35. The second-order valence-electron chi connectivity index (χ2n) is 2.72. The molecule has 1 aliphatic rings. The van der Waals surface area contributed by atoms with Crippen LogP contribution in [0, 0.1) is 0 Å². The zero-order valence-corrected chi connectivity index (χ0v) is 13.5. The minimum Gasteiger partial charge on any atom is -0.486 e. The molecule has 0 radical (unpaired) electrons. The van der Waals surface area contributed by atoms with E-state index in [-0.39, 0.29) is 6.10 Å². The molecular formula is C16H32O2. The highest BCUT2D eigenvalue weighted by Gasteiger charge is 2.16. The predicted molar refractivity (Wildman–Crippen MR) is 82.6 cm³/mol. The van der Waals surface area contributed by atoms with Crippen molar-refractivity contribution in [2.45, 2.75) is 61.5 Å². The third-order valence-electron chi connectivity index (χ3n) is 1.54. The van der Waals surface area contributed by atoms with Gasteiger partial charge in [0.1, 0.15) is 12.7 Å². The largest absolute Gasteiger partial charge is 0.486 e. The third-order valence-corrected chi connectivity index (χ3v) is 1.54. The average molecular weight is 256 g/mol. The normalized spacial score (nSPS) is 19.2. The Balaban J connectivity index is -0.000000328. The molecule has 1 unspecified atom stereocenters. The summed E-state index contributed by atoms with van der Waals surface area (Å²) in [6.07, 6.45) is 5.81. The molecule has 1 heterocycles. The van der Waals surface area contributed by atoms with Crippen LogP contribution in [0.2, 0.25) is 0 Å². The molecule has 0 amide bonds. The van der Waals surface area contributed by atoms with Crippen molar-refractivity contribution in [2.75, 3.05) is 6.61 Å². The van der Waals surface area contributed by atoms with Crippen LogP contribution in [-0.2, 0) is 9.47 Å². The van der Waals surface area contributed by atoms with E-state index in [4.69, 9.17) is 9.47 Å². The molecule has 1 atom stereocenters. The van der Waals surface area contributed by atoms with Crippen molar-refractivity contribution >= 4 is 0 Å². The summed E-state index contributed by atoms with van der Waals surface area (Å²) >= 11 is 0. The van der Waals surface area contributed by atoms with Crippen LogP contribution in [0.5, 0.6) is 0 Å². The van der Waals surface area contributed by atoms with E-state index in [0.717, 1.165) is 5.76 Å². The first kappa shape index (κ1) is 22.0. The van der Waals surface area contributed by atoms with Crippen LogP contribution in [0.1, 0.15) is 55.4 Å². The van der Waals surface area contributed by atoms with E-state index in [1.807, 2.05) is 73.6 Å². The van der Waals surface area contributed by atoms with Gasteiger partial charge in [0.25, 0.3) is 0 Å². The van der Waals surface area contributed by atoms with Gasteiger partial charge in [-0.15, -0.1) is 0 Å². The fraction of sp³-hybridized carbons (Fsp3) is 0.625. The first-order valence-electron chi connectivity index (χ1n) is 7.05. The number of allylic oxidation sites excluding steroid dienone is 3. The van der Waals surface area contributed by atoms with Gasteiger partial charge in [-0.1, -0.05) is 60.3 Å². The summed E-state index contributed by atoms with van der Waals surface area (Å²) in [6.45, 7) is 20.2. The Kier molecular flexibility index (Phi) is 22.3. The Hall–Kier alpha value is -1.18. The Morgan fingerprint density at radius 3 is 2.06 bits per heavy atom. The molecule has 0 bridgehead atoms. The van der Waals surface area contributed by atoms with Crippen molar-refractivity contribution in [3.05, 3.63) is 36.3 Å². The highest BCUT2D eigenvalue weighted by molar-refractivity contribution is 5.23. The van der Waals surface area contributed by atoms with Gasteiger partial charge in [0.2, 0.25) is 0 Å². The van der Waals surface area contributed by atoms with Crippen LogP contribution < -0.4 is 0 Å². The molecule has 1 rings (SSSR count). The van der Waals surface area contributed by atoms with Gasteiger partial charge < -0.3 is 9.47 Å². The van der Waals surface area contributed by atoms with Crippen LogP contribution >= 0.6 is 0 Å². The topological polar surface area (TPSA) is 18.5 Å². The summed E-state index contributed by atoms with van der Waals surface area (Å²) in [5, 5.41) is 0. The molecule has 0 aliphatic carbocycles. The summed E-state index contributed by atoms with van der Waals surface area (Å²) < 4.78 is 10.8. The van der Waals surface area contributed by atoms with E-state index < -0.39 is 0 Å². The maximum Gasteiger partial charge on any atom is 0.161 e. The van der Waals surface area contributed by atoms with Gasteiger partial charge in [-0.25, -0.2) is 0 Å². The summed E-state index contributed by atoms with van der Waals surface area (Å²) in [4.78, 5) is 0. The second kappa shape index (κ2) is 18.2. The molecule has 1 aliphatic heterocycles. The summed E-state index contributed by atoms with van der Waals surface area (Å²) in [5.41, 5.74) is 0. The number of hydrogen-bond acceptors (Lipinski definition) is 2. The van der Waals surface area contributed by atoms with Crippen molar-refractivity contribution in [2.24, 2.45) is 0 Å². The fourth-order valence-corrected chi connectivity index (χ4v) is 0.921. The molecule has 18 heavy (non-hydrogen) atoms. The SMILES string of the molecule is C=C1OCC(C)O/C1=C/C=C\C.CC.CC.CC. The highest BCUT2D eigenvalue weighted by atomic mass is 16.6. The van der Waals surface area contributed by atoms with Gasteiger partial charge in [-0.05, 0) is 19.9 Å². The van der Waals surface area contributed by atoms with Crippen molar-refractivity contribution in [3.8, 4) is 0 Å². The van der Waals surface area contributed by atoms with Crippen LogP contribution in [0.4, 0.5) is 0 Å². The molecule has 0 N–H and O–H groups in total. The van der Waals surface area contributed by atoms with Gasteiger partial charge in [-0.3, -0.25) is 0 Å². The maximum absolute atomic E-state index is 5.49. The molecule has 0 aromatic heterocycles. The lowest BCUT2D eigenvalue weighted by Gasteiger charge is -2.25. The minimum absolute atomic E-state index is 0.118. The van der Waals surface area contributed by atoms with Gasteiger partial charge in [0, 0.05) is 0 Å². The molecule has 2 nitrogen and oxygen atoms in total. The Morgan fingerprint density at radius 2 is 1.61 bits per heavy atom. The second-order valence-corrected chi connectivity index (χ2v) is 2.72. The molecule has 0 spiro atoms. The van der Waals surface area contributed by atoms with Crippen molar-refractivity contribution in [1.82, 2.24) is 0 Å².